The van der Waals surface area contributed by atoms with Crippen LogP contribution in [0.15, 0.2) is 72.9 Å². The van der Waals surface area contributed by atoms with Crippen molar-refractivity contribution in [2.45, 2.75) is 322 Å². The second-order valence-electron chi connectivity index (χ2n) is 20.9. The topological polar surface area (TPSA) is 78.9 Å². The van der Waals surface area contributed by atoms with E-state index in [-0.39, 0.29) is 31.1 Å². The first-order valence-corrected chi connectivity index (χ1v) is 31.4. The molecule has 0 N–H and O–H groups in total. The van der Waals surface area contributed by atoms with E-state index in [1.54, 1.807) is 0 Å². The highest BCUT2D eigenvalue weighted by Crippen LogP contribution is 2.17. The van der Waals surface area contributed by atoms with Crippen LogP contribution in [-0.2, 0) is 28.6 Å². The molecule has 0 aromatic heterocycles. The minimum atomic E-state index is -0.786. The summed E-state index contributed by atoms with van der Waals surface area (Å²) in [7, 11) is 0. The van der Waals surface area contributed by atoms with Crippen LogP contribution >= 0.6 is 0 Å². The Morgan fingerprint density at radius 2 is 0.534 bits per heavy atom. The number of rotatable bonds is 57. The lowest BCUT2D eigenvalue weighted by atomic mass is 10.0. The summed E-state index contributed by atoms with van der Waals surface area (Å²) in [5, 5.41) is 0. The Morgan fingerprint density at radius 3 is 0.863 bits per heavy atom. The number of unbranched alkanes of at least 4 members (excludes halogenated alkanes) is 34. The smallest absolute Gasteiger partial charge is 0.306 e. The zero-order chi connectivity index (χ0) is 52.9. The van der Waals surface area contributed by atoms with Gasteiger partial charge in [0.25, 0.3) is 0 Å². The van der Waals surface area contributed by atoms with Crippen molar-refractivity contribution in [2.24, 2.45) is 0 Å². The van der Waals surface area contributed by atoms with E-state index < -0.39 is 6.10 Å². The molecule has 6 heteroatoms. The summed E-state index contributed by atoms with van der Waals surface area (Å²) >= 11 is 0. The molecule has 0 heterocycles. The molecular formula is C67H118O6. The van der Waals surface area contributed by atoms with Crippen LogP contribution in [0.1, 0.15) is 316 Å². The second kappa shape index (κ2) is 61.4. The van der Waals surface area contributed by atoms with Crippen LogP contribution in [0.2, 0.25) is 0 Å². The highest BCUT2D eigenvalue weighted by molar-refractivity contribution is 5.71. The SMILES string of the molecule is CC/C=C\C/C=C\C/C=C\C/C=C\C/C=C\CCCCCCCC(=O)OCC(COC(=O)CCCCCCC/C=C\CCCCCC)OC(=O)CCCCCCCCCCCCCCCCCCCCCCC. The number of ether oxygens (including phenoxy) is 3. The fourth-order valence-electron chi connectivity index (χ4n) is 9.00. The van der Waals surface area contributed by atoms with E-state index in [0.29, 0.717) is 19.3 Å². The zero-order valence-electron chi connectivity index (χ0n) is 48.4. The van der Waals surface area contributed by atoms with E-state index in [4.69, 9.17) is 14.2 Å². The minimum Gasteiger partial charge on any atom is -0.462 e. The average molecular weight is 1020 g/mol. The molecule has 0 aromatic rings. The van der Waals surface area contributed by atoms with E-state index >= 15 is 0 Å². The Morgan fingerprint density at radius 1 is 0.288 bits per heavy atom. The first-order valence-electron chi connectivity index (χ1n) is 31.4. The summed E-state index contributed by atoms with van der Waals surface area (Å²) in [5.74, 6) is -0.896. The molecule has 0 radical (unpaired) electrons. The highest BCUT2D eigenvalue weighted by Gasteiger charge is 2.19. The van der Waals surface area contributed by atoms with Crippen molar-refractivity contribution >= 4 is 17.9 Å². The predicted molar refractivity (Wildman–Crippen MR) is 316 cm³/mol. The fourth-order valence-corrected chi connectivity index (χ4v) is 9.00. The predicted octanol–water partition coefficient (Wildman–Crippen LogP) is 21.3. The molecule has 0 aliphatic carbocycles. The van der Waals surface area contributed by atoms with Gasteiger partial charge in [0.15, 0.2) is 6.10 Å². The molecule has 0 aliphatic heterocycles. The molecule has 1 unspecified atom stereocenters. The number of hydrogen-bond acceptors (Lipinski definition) is 6. The maximum Gasteiger partial charge on any atom is 0.306 e. The first-order chi connectivity index (χ1) is 36.0. The molecule has 0 rings (SSSR count). The van der Waals surface area contributed by atoms with Crippen LogP contribution in [0.4, 0.5) is 0 Å². The van der Waals surface area contributed by atoms with Crippen molar-refractivity contribution in [3.63, 3.8) is 0 Å². The maximum absolute atomic E-state index is 12.9. The average Bonchev–Trinajstić information content (AvgIpc) is 3.39. The van der Waals surface area contributed by atoms with Gasteiger partial charge < -0.3 is 14.2 Å². The Bertz CT molecular complexity index is 1360. The van der Waals surface area contributed by atoms with Gasteiger partial charge in [-0.25, -0.2) is 0 Å². The van der Waals surface area contributed by atoms with E-state index in [0.717, 1.165) is 116 Å². The van der Waals surface area contributed by atoms with E-state index in [1.165, 1.54) is 161 Å². The molecule has 422 valence electrons. The Labute approximate surface area is 453 Å². The first kappa shape index (κ1) is 69.8. The van der Waals surface area contributed by atoms with Crippen LogP contribution < -0.4 is 0 Å². The maximum atomic E-state index is 12.9. The van der Waals surface area contributed by atoms with Crippen molar-refractivity contribution in [3.05, 3.63) is 72.9 Å². The van der Waals surface area contributed by atoms with Gasteiger partial charge in [-0.3, -0.25) is 14.4 Å². The Kier molecular flexibility index (Phi) is 58.7. The van der Waals surface area contributed by atoms with Crippen molar-refractivity contribution in [1.29, 1.82) is 0 Å². The molecule has 0 spiro atoms. The molecule has 73 heavy (non-hydrogen) atoms. The number of hydrogen-bond donors (Lipinski definition) is 0. The summed E-state index contributed by atoms with van der Waals surface area (Å²) < 4.78 is 16.9. The van der Waals surface area contributed by atoms with Gasteiger partial charge in [-0.15, -0.1) is 0 Å². The van der Waals surface area contributed by atoms with Crippen LogP contribution in [0, 0.1) is 0 Å². The number of carbonyl (C=O) groups is 3. The monoisotopic (exact) mass is 1020 g/mol. The number of allylic oxidation sites excluding steroid dienone is 12. The Hall–Kier alpha value is -3.15. The quantitative estimate of drug-likeness (QED) is 0.0261. The zero-order valence-corrected chi connectivity index (χ0v) is 48.4. The van der Waals surface area contributed by atoms with Crippen molar-refractivity contribution in [2.75, 3.05) is 13.2 Å². The molecule has 0 saturated heterocycles. The second-order valence-corrected chi connectivity index (χ2v) is 20.9. The van der Waals surface area contributed by atoms with Gasteiger partial charge in [0.2, 0.25) is 0 Å². The normalized spacial score (nSPS) is 12.5. The summed E-state index contributed by atoms with van der Waals surface area (Å²) in [6.45, 7) is 6.53. The van der Waals surface area contributed by atoms with Crippen LogP contribution in [-0.4, -0.2) is 37.2 Å². The largest absolute Gasteiger partial charge is 0.462 e. The van der Waals surface area contributed by atoms with Gasteiger partial charge in [0, 0.05) is 19.3 Å². The van der Waals surface area contributed by atoms with E-state index in [1.807, 2.05) is 0 Å². The molecule has 6 nitrogen and oxygen atoms in total. The highest BCUT2D eigenvalue weighted by atomic mass is 16.6. The van der Waals surface area contributed by atoms with E-state index in [9.17, 15) is 14.4 Å². The third-order valence-electron chi connectivity index (χ3n) is 13.7. The lowest BCUT2D eigenvalue weighted by molar-refractivity contribution is -0.167. The third-order valence-corrected chi connectivity index (χ3v) is 13.7. The van der Waals surface area contributed by atoms with Crippen molar-refractivity contribution in [3.8, 4) is 0 Å². The lowest BCUT2D eigenvalue weighted by Gasteiger charge is -2.18. The van der Waals surface area contributed by atoms with Crippen molar-refractivity contribution < 1.29 is 28.6 Å². The minimum absolute atomic E-state index is 0.0835. The van der Waals surface area contributed by atoms with Gasteiger partial charge in [-0.2, -0.15) is 0 Å². The summed E-state index contributed by atoms with van der Waals surface area (Å²) in [4.78, 5) is 38.3. The van der Waals surface area contributed by atoms with Gasteiger partial charge in [-0.1, -0.05) is 280 Å². The van der Waals surface area contributed by atoms with Gasteiger partial charge >= 0.3 is 17.9 Å². The molecule has 1 atom stereocenters. The van der Waals surface area contributed by atoms with Crippen LogP contribution in [0.5, 0.6) is 0 Å². The molecular weight excluding hydrogens is 901 g/mol. The summed E-state index contributed by atoms with van der Waals surface area (Å²) in [6.07, 6.45) is 79.0. The van der Waals surface area contributed by atoms with Gasteiger partial charge in [0.1, 0.15) is 13.2 Å². The standard InChI is InChI=1S/C67H118O6/c1-4-7-10-13-16-19-22-25-27-29-31-33-35-37-39-42-45-48-51-54-57-60-66(69)72-63-64(62-71-65(68)59-56-53-50-47-44-41-24-21-18-15-12-9-6-3)73-67(70)61-58-55-52-49-46-43-40-38-36-34-32-30-28-26-23-20-17-14-11-8-5-2/h7,10,16,19,21,24-25,27,31,33,37,39,64H,4-6,8-9,11-15,17-18,20,22-23,26,28-30,32,34-36,38,40-63H2,1-3H3/b10-7-,19-16-,24-21-,27-25-,33-31-,39-37-. The molecule has 0 saturated carbocycles. The number of esters is 3. The lowest BCUT2D eigenvalue weighted by Crippen LogP contribution is -2.30. The Balaban J connectivity index is 4.36. The van der Waals surface area contributed by atoms with Gasteiger partial charge in [0.05, 0.1) is 0 Å². The number of carbonyl (C=O) groups excluding carboxylic acids is 3. The molecule has 0 amide bonds. The summed E-state index contributed by atoms with van der Waals surface area (Å²) in [5.41, 5.74) is 0. The fraction of sp³-hybridized carbons (Fsp3) is 0.776. The van der Waals surface area contributed by atoms with E-state index in [2.05, 4.69) is 93.7 Å². The van der Waals surface area contributed by atoms with Crippen LogP contribution in [0.25, 0.3) is 0 Å². The molecule has 0 aromatic carbocycles. The third kappa shape index (κ3) is 59.6. The summed E-state index contributed by atoms with van der Waals surface area (Å²) in [6, 6.07) is 0. The molecule has 0 aliphatic rings. The molecule has 0 fully saturated rings. The van der Waals surface area contributed by atoms with Crippen molar-refractivity contribution in [1.82, 2.24) is 0 Å². The van der Waals surface area contributed by atoms with Crippen LogP contribution in [0.3, 0.4) is 0 Å². The molecule has 0 bridgehead atoms. The van der Waals surface area contributed by atoms with Gasteiger partial charge in [-0.05, 0) is 89.9 Å².